The summed E-state index contributed by atoms with van der Waals surface area (Å²) in [5, 5.41) is 0. The molecule has 1 aromatic carbocycles. The van der Waals surface area contributed by atoms with Gasteiger partial charge in [0.15, 0.2) is 5.78 Å². The van der Waals surface area contributed by atoms with Gasteiger partial charge in [0.1, 0.15) is 5.75 Å². The number of hydrogen-bond donors (Lipinski definition) is 0. The van der Waals surface area contributed by atoms with E-state index in [1.807, 2.05) is 24.3 Å². The van der Waals surface area contributed by atoms with Crippen molar-refractivity contribution in [3.05, 3.63) is 24.3 Å². The minimum absolute atomic E-state index is 0.0334. The highest BCUT2D eigenvalue weighted by atomic mass is 16.5. The lowest BCUT2D eigenvalue weighted by Crippen LogP contribution is -2.35. The lowest BCUT2D eigenvalue weighted by molar-refractivity contribution is -0.123. The summed E-state index contributed by atoms with van der Waals surface area (Å²) in [6, 6.07) is 7.40. The van der Waals surface area contributed by atoms with Gasteiger partial charge in [0.25, 0.3) is 0 Å². The van der Waals surface area contributed by atoms with Crippen LogP contribution in [0.25, 0.3) is 0 Å². The summed E-state index contributed by atoms with van der Waals surface area (Å²) >= 11 is 0. The van der Waals surface area contributed by atoms with Crippen molar-refractivity contribution in [2.24, 2.45) is 5.92 Å². The van der Waals surface area contributed by atoms with Crippen molar-refractivity contribution >= 4 is 17.4 Å². The number of ketones is 1. The number of hydrogen-bond acceptors (Lipinski definition) is 3. The Bertz CT molecular complexity index is 494. The van der Waals surface area contributed by atoms with Crippen LogP contribution in [0.15, 0.2) is 24.3 Å². The molecule has 1 amide bonds. The van der Waals surface area contributed by atoms with Crippen molar-refractivity contribution < 1.29 is 14.3 Å². The smallest absolute Gasteiger partial charge is 0.230 e. The Kier molecular flexibility index (Phi) is 2.78. The summed E-state index contributed by atoms with van der Waals surface area (Å²) in [4.78, 5) is 25.5. The molecule has 1 aromatic rings. The molecule has 1 heterocycles. The van der Waals surface area contributed by atoms with E-state index >= 15 is 0 Å². The van der Waals surface area contributed by atoms with Crippen molar-refractivity contribution in [1.29, 1.82) is 0 Å². The van der Waals surface area contributed by atoms with Crippen molar-refractivity contribution in [2.75, 3.05) is 18.1 Å². The minimum Gasteiger partial charge on any atom is -0.491 e. The molecule has 0 radical (unpaired) electrons. The maximum absolute atomic E-state index is 12.0. The Morgan fingerprint density at radius 2 is 2.11 bits per heavy atom. The first-order valence-corrected chi connectivity index (χ1v) is 6.30. The van der Waals surface area contributed by atoms with E-state index in [0.29, 0.717) is 24.5 Å². The molecule has 18 heavy (non-hydrogen) atoms. The number of carbonyl (C=O) groups is 2. The second kappa shape index (κ2) is 4.44. The van der Waals surface area contributed by atoms with Crippen LogP contribution in [0, 0.1) is 5.92 Å². The van der Waals surface area contributed by atoms with Crippen molar-refractivity contribution in [3.63, 3.8) is 0 Å². The maximum Gasteiger partial charge on any atom is 0.230 e. The van der Waals surface area contributed by atoms with Crippen molar-refractivity contribution in [1.82, 2.24) is 0 Å². The molecule has 2 aliphatic rings. The molecule has 1 aliphatic heterocycles. The average Bonchev–Trinajstić information content (AvgIpc) is 3.20. The zero-order valence-corrected chi connectivity index (χ0v) is 10.1. The first-order valence-electron chi connectivity index (χ1n) is 6.30. The number of benzene rings is 1. The van der Waals surface area contributed by atoms with E-state index in [2.05, 4.69) is 0 Å². The van der Waals surface area contributed by atoms with Gasteiger partial charge in [-0.3, -0.25) is 9.59 Å². The van der Waals surface area contributed by atoms with Crippen LogP contribution in [-0.4, -0.2) is 24.8 Å². The number of anilines is 1. The molecular weight excluding hydrogens is 230 g/mol. The van der Waals surface area contributed by atoms with Gasteiger partial charge in [0.05, 0.1) is 25.3 Å². The van der Waals surface area contributed by atoms with Crippen molar-refractivity contribution in [3.8, 4) is 5.75 Å². The summed E-state index contributed by atoms with van der Waals surface area (Å²) < 4.78 is 5.53. The van der Waals surface area contributed by atoms with Crippen LogP contribution in [0.3, 0.4) is 0 Å². The molecule has 0 spiro atoms. The number of rotatable bonds is 3. The summed E-state index contributed by atoms with van der Waals surface area (Å²) in [7, 11) is 0. The molecule has 94 valence electrons. The molecule has 1 fully saturated rings. The Morgan fingerprint density at radius 1 is 1.33 bits per heavy atom. The zero-order chi connectivity index (χ0) is 12.5. The molecule has 3 rings (SSSR count). The molecule has 4 nitrogen and oxygen atoms in total. The van der Waals surface area contributed by atoms with Gasteiger partial charge in [-0.15, -0.1) is 0 Å². The van der Waals surface area contributed by atoms with Gasteiger partial charge < -0.3 is 9.64 Å². The lowest BCUT2D eigenvalue weighted by Gasteiger charge is -2.20. The highest BCUT2D eigenvalue weighted by Crippen LogP contribution is 2.34. The number of Topliss-reactive ketones (excluding diaryl/α,β-unsaturated/α-hetero) is 1. The number of amides is 1. The summed E-state index contributed by atoms with van der Waals surface area (Å²) in [6.45, 7) is 0.563. The number of ether oxygens (including phenoxy) is 1. The van der Waals surface area contributed by atoms with E-state index < -0.39 is 0 Å². The van der Waals surface area contributed by atoms with Gasteiger partial charge >= 0.3 is 0 Å². The van der Waals surface area contributed by atoms with Crippen LogP contribution in [0.1, 0.15) is 19.3 Å². The molecular formula is C14H15NO3. The second-order valence-electron chi connectivity index (χ2n) is 4.79. The minimum atomic E-state index is -0.0334. The van der Waals surface area contributed by atoms with Gasteiger partial charge in [-0.2, -0.15) is 0 Å². The van der Waals surface area contributed by atoms with Gasteiger partial charge in [-0.25, -0.2) is 0 Å². The third-order valence-electron chi connectivity index (χ3n) is 3.38. The quantitative estimate of drug-likeness (QED) is 0.815. The molecule has 0 bridgehead atoms. The predicted molar refractivity (Wildman–Crippen MR) is 66.6 cm³/mol. The first-order chi connectivity index (χ1) is 8.75. The van der Waals surface area contributed by atoms with E-state index in [9.17, 15) is 9.59 Å². The Balaban J connectivity index is 1.89. The van der Waals surface area contributed by atoms with Gasteiger partial charge in [0.2, 0.25) is 5.91 Å². The SMILES string of the molecule is O=C(CN1C(=O)CCOc2ccccc21)C1CC1. The average molecular weight is 245 g/mol. The number of nitrogens with zero attached hydrogens (tertiary/aromatic N) is 1. The Hall–Kier alpha value is -1.84. The second-order valence-corrected chi connectivity index (χ2v) is 4.79. The lowest BCUT2D eigenvalue weighted by atomic mass is 10.2. The molecule has 1 aliphatic carbocycles. The monoisotopic (exact) mass is 245 g/mol. The fraction of sp³-hybridized carbons (Fsp3) is 0.429. The van der Waals surface area contributed by atoms with E-state index in [-0.39, 0.29) is 24.2 Å². The summed E-state index contributed by atoms with van der Waals surface area (Å²) in [5.41, 5.74) is 0.717. The highest BCUT2D eigenvalue weighted by molar-refractivity contribution is 6.01. The van der Waals surface area contributed by atoms with Crippen LogP contribution in [0.5, 0.6) is 5.75 Å². The molecule has 0 N–H and O–H groups in total. The third-order valence-corrected chi connectivity index (χ3v) is 3.38. The molecule has 0 unspecified atom stereocenters. The number of carbonyl (C=O) groups excluding carboxylic acids is 2. The fourth-order valence-electron chi connectivity index (χ4n) is 2.18. The van der Waals surface area contributed by atoms with Crippen LogP contribution >= 0.6 is 0 Å². The predicted octanol–water partition coefficient (Wildman–Crippen LogP) is 1.78. The first kappa shape index (κ1) is 11.3. The van der Waals surface area contributed by atoms with Crippen molar-refractivity contribution in [2.45, 2.75) is 19.3 Å². The van der Waals surface area contributed by atoms with E-state index in [0.717, 1.165) is 12.8 Å². The standard InChI is InChI=1S/C14H15NO3/c16-12(10-5-6-10)9-15-11-3-1-2-4-13(11)18-8-7-14(15)17/h1-4,10H,5-9H2. The maximum atomic E-state index is 12.0. The van der Waals surface area contributed by atoms with E-state index in [4.69, 9.17) is 4.74 Å². The third kappa shape index (κ3) is 2.10. The topological polar surface area (TPSA) is 46.6 Å². The fourth-order valence-corrected chi connectivity index (χ4v) is 2.18. The molecule has 0 saturated heterocycles. The van der Waals surface area contributed by atoms with Crippen LogP contribution in [0.4, 0.5) is 5.69 Å². The Labute approximate surface area is 106 Å². The van der Waals surface area contributed by atoms with Gasteiger partial charge in [0, 0.05) is 5.92 Å². The largest absolute Gasteiger partial charge is 0.491 e. The van der Waals surface area contributed by atoms with Crippen LogP contribution < -0.4 is 9.64 Å². The molecule has 0 atom stereocenters. The number of para-hydroxylation sites is 2. The molecule has 4 heteroatoms. The normalized spacial score (nSPS) is 18.9. The summed E-state index contributed by atoms with van der Waals surface area (Å²) in [5.74, 6) is 0.995. The zero-order valence-electron chi connectivity index (χ0n) is 10.1. The van der Waals surface area contributed by atoms with Gasteiger partial charge in [-0.05, 0) is 25.0 Å². The van der Waals surface area contributed by atoms with E-state index in [1.165, 1.54) is 0 Å². The van der Waals surface area contributed by atoms with E-state index in [1.54, 1.807) is 4.90 Å². The molecule has 0 aromatic heterocycles. The van der Waals surface area contributed by atoms with Crippen LogP contribution in [0.2, 0.25) is 0 Å². The number of fused-ring (bicyclic) bond motifs is 1. The summed E-state index contributed by atoms with van der Waals surface area (Å²) in [6.07, 6.45) is 2.27. The molecule has 1 saturated carbocycles. The highest BCUT2D eigenvalue weighted by Gasteiger charge is 2.33. The van der Waals surface area contributed by atoms with Gasteiger partial charge in [-0.1, -0.05) is 12.1 Å². The Morgan fingerprint density at radius 3 is 2.89 bits per heavy atom. The van der Waals surface area contributed by atoms with Crippen LogP contribution in [-0.2, 0) is 9.59 Å².